The van der Waals surface area contributed by atoms with Gasteiger partial charge in [0.2, 0.25) is 0 Å². The first-order chi connectivity index (χ1) is 16.6. The zero-order valence-electron chi connectivity index (χ0n) is 19.8. The molecule has 0 saturated carbocycles. The van der Waals surface area contributed by atoms with Crippen molar-refractivity contribution in [1.82, 2.24) is 9.80 Å². The van der Waals surface area contributed by atoms with Gasteiger partial charge in [-0.25, -0.2) is 0 Å². The number of aliphatic hydroxyl groups is 1. The number of anilines is 1. The minimum Gasteiger partial charge on any atom is -0.497 e. The van der Waals surface area contributed by atoms with Crippen molar-refractivity contribution in [1.29, 1.82) is 5.26 Å². The summed E-state index contributed by atoms with van der Waals surface area (Å²) in [7, 11) is 1.70. The quantitative estimate of drug-likeness (QED) is 0.603. The summed E-state index contributed by atoms with van der Waals surface area (Å²) in [6.45, 7) is 4.49. The number of aliphatic hydroxyl groups excluding tert-OH is 1. The van der Waals surface area contributed by atoms with E-state index in [1.807, 2.05) is 24.3 Å². The third-order valence-electron chi connectivity index (χ3n) is 7.23. The molecule has 2 saturated heterocycles. The average Bonchev–Trinajstić information content (AvgIpc) is 2.89. The van der Waals surface area contributed by atoms with Gasteiger partial charge in [-0.15, -0.1) is 0 Å². The maximum absolute atomic E-state index is 10.9. The monoisotopic (exact) mass is 478 g/mol. The van der Waals surface area contributed by atoms with Gasteiger partial charge in [0.1, 0.15) is 5.75 Å². The van der Waals surface area contributed by atoms with Crippen LogP contribution in [0.3, 0.4) is 0 Å². The van der Waals surface area contributed by atoms with Gasteiger partial charge < -0.3 is 25.0 Å². The van der Waals surface area contributed by atoms with Crippen molar-refractivity contribution < 1.29 is 9.84 Å². The summed E-state index contributed by atoms with van der Waals surface area (Å²) in [5, 5.41) is 23.9. The van der Waals surface area contributed by atoms with Crippen LogP contribution in [0, 0.1) is 17.2 Å². The number of hydrogen-bond acceptors (Lipinski definition) is 5. The molecule has 2 aliphatic heterocycles. The second-order valence-corrected chi connectivity index (χ2v) is 9.75. The van der Waals surface area contributed by atoms with Crippen LogP contribution in [0.1, 0.15) is 42.7 Å². The van der Waals surface area contributed by atoms with Crippen LogP contribution in [0.4, 0.5) is 5.69 Å². The molecule has 2 fully saturated rings. The lowest BCUT2D eigenvalue weighted by atomic mass is 9.88. The molecule has 180 valence electrons. The van der Waals surface area contributed by atoms with E-state index in [0.717, 1.165) is 69.8 Å². The molecule has 1 unspecified atom stereocenters. The van der Waals surface area contributed by atoms with E-state index in [2.05, 4.69) is 33.3 Å². The Morgan fingerprint density at radius 2 is 1.82 bits per heavy atom. The van der Waals surface area contributed by atoms with Crippen LogP contribution in [0.25, 0.3) is 0 Å². The first-order valence-corrected chi connectivity index (χ1v) is 12.6. The Bertz CT molecular complexity index is 990. The van der Waals surface area contributed by atoms with Crippen molar-refractivity contribution in [3.05, 3.63) is 59.7 Å². The van der Waals surface area contributed by atoms with Gasteiger partial charge in [-0.2, -0.15) is 5.26 Å². The second-order valence-electron chi connectivity index (χ2n) is 9.36. The highest BCUT2D eigenvalue weighted by atomic mass is 32.1. The first-order valence-electron chi connectivity index (χ1n) is 12.2. The van der Waals surface area contributed by atoms with Crippen LogP contribution >= 0.6 is 12.2 Å². The average molecular weight is 479 g/mol. The minimum absolute atomic E-state index is 0.298. The zero-order chi connectivity index (χ0) is 23.9. The summed E-state index contributed by atoms with van der Waals surface area (Å²) in [5.41, 5.74) is 2.84. The summed E-state index contributed by atoms with van der Waals surface area (Å²) in [5.74, 6) is 1.80. The van der Waals surface area contributed by atoms with Gasteiger partial charge in [0.05, 0.1) is 24.8 Å². The Labute approximate surface area is 208 Å². The Morgan fingerprint density at radius 1 is 1.12 bits per heavy atom. The number of methoxy groups -OCH3 is 1. The third kappa shape index (κ3) is 6.26. The van der Waals surface area contributed by atoms with Crippen molar-refractivity contribution in [2.75, 3.05) is 45.2 Å². The molecule has 1 atom stereocenters. The highest BCUT2D eigenvalue weighted by molar-refractivity contribution is 7.80. The van der Waals surface area contributed by atoms with E-state index >= 15 is 0 Å². The van der Waals surface area contributed by atoms with Gasteiger partial charge in [-0.3, -0.25) is 0 Å². The highest BCUT2D eigenvalue weighted by Gasteiger charge is 2.29. The third-order valence-corrected chi connectivity index (χ3v) is 7.59. The van der Waals surface area contributed by atoms with Crippen LogP contribution in [0.15, 0.2) is 48.5 Å². The highest BCUT2D eigenvalue weighted by Crippen LogP contribution is 2.30. The van der Waals surface area contributed by atoms with E-state index in [1.165, 1.54) is 5.56 Å². The number of β-amino-alcohol motifs (C(OH)–C–C–N with tert-alkyl or cyclic N) is 1. The summed E-state index contributed by atoms with van der Waals surface area (Å²) < 4.78 is 5.27. The topological polar surface area (TPSA) is 71.8 Å². The molecule has 0 spiro atoms. The normalized spacial score (nSPS) is 18.8. The molecule has 0 amide bonds. The Morgan fingerprint density at radius 3 is 2.47 bits per heavy atom. The predicted octanol–water partition coefficient (Wildman–Crippen LogP) is 4.22. The molecule has 2 N–H and O–H groups in total. The SMILES string of the molecule is COc1ccc(C2CCN(CC(O)C3CCN(C(=S)Nc4cccc(C#N)c4)CC3)CC2)cc1. The van der Waals surface area contributed by atoms with Gasteiger partial charge in [0, 0.05) is 25.3 Å². The lowest BCUT2D eigenvalue weighted by Gasteiger charge is -2.38. The number of nitrogens with one attached hydrogen (secondary N) is 1. The number of hydrogen-bond donors (Lipinski definition) is 2. The minimum atomic E-state index is -0.298. The fourth-order valence-corrected chi connectivity index (χ4v) is 5.40. The molecule has 0 aliphatic carbocycles. The van der Waals surface area contributed by atoms with E-state index in [-0.39, 0.29) is 6.10 Å². The molecule has 0 bridgehead atoms. The van der Waals surface area contributed by atoms with Crippen molar-refractivity contribution >= 4 is 23.0 Å². The van der Waals surface area contributed by atoms with Crippen molar-refractivity contribution in [3.63, 3.8) is 0 Å². The standard InChI is InChI=1S/C27H34N4O2S/c1-33-25-7-5-21(6-8-25)22-9-13-30(14-10-22)19-26(32)23-11-15-31(16-12-23)27(34)29-24-4-2-3-20(17-24)18-28/h2-8,17,22-23,26,32H,9-16,19H2,1H3,(H,29,34). The summed E-state index contributed by atoms with van der Waals surface area (Å²) in [6, 6.07) is 18.0. The molecule has 6 nitrogen and oxygen atoms in total. The van der Waals surface area contributed by atoms with Crippen molar-refractivity contribution in [2.45, 2.75) is 37.7 Å². The molecule has 2 aromatic carbocycles. The maximum Gasteiger partial charge on any atom is 0.173 e. The van der Waals surface area contributed by atoms with E-state index in [1.54, 1.807) is 19.2 Å². The number of rotatable bonds is 6. The smallest absolute Gasteiger partial charge is 0.173 e. The van der Waals surface area contributed by atoms with Gasteiger partial charge >= 0.3 is 0 Å². The van der Waals surface area contributed by atoms with Gasteiger partial charge in [-0.05, 0) is 98.7 Å². The maximum atomic E-state index is 10.9. The molecule has 2 aromatic rings. The number of nitrogens with zero attached hydrogens (tertiary/aromatic N) is 3. The van der Waals surface area contributed by atoms with Gasteiger partial charge in [-0.1, -0.05) is 18.2 Å². The van der Waals surface area contributed by atoms with Crippen molar-refractivity contribution in [3.8, 4) is 11.8 Å². The van der Waals surface area contributed by atoms with Crippen LogP contribution in [0.2, 0.25) is 0 Å². The molecule has 4 rings (SSSR count). The van der Waals surface area contributed by atoms with E-state index < -0.39 is 0 Å². The lowest BCUT2D eigenvalue weighted by Crippen LogP contribution is -2.46. The Hall–Kier alpha value is -2.66. The van der Waals surface area contributed by atoms with Gasteiger partial charge in [0.25, 0.3) is 0 Å². The Balaban J connectivity index is 1.19. The fourth-order valence-electron chi connectivity index (χ4n) is 5.09. The number of likely N-dealkylation sites (tertiary alicyclic amines) is 2. The summed E-state index contributed by atoms with van der Waals surface area (Å²) in [6.07, 6.45) is 3.83. The fraction of sp³-hybridized carbons (Fsp3) is 0.481. The van der Waals surface area contributed by atoms with Crippen LogP contribution in [0.5, 0.6) is 5.75 Å². The van der Waals surface area contributed by atoms with Gasteiger partial charge in [0.15, 0.2) is 5.11 Å². The Kier molecular flexibility index (Phi) is 8.39. The predicted molar refractivity (Wildman–Crippen MR) is 139 cm³/mol. The number of thiocarbonyl (C=S) groups is 1. The lowest BCUT2D eigenvalue weighted by molar-refractivity contribution is 0.0343. The number of ether oxygens (including phenoxy) is 1. The molecular weight excluding hydrogens is 444 g/mol. The first kappa shape index (κ1) is 24.5. The van der Waals surface area contributed by atoms with Crippen molar-refractivity contribution in [2.24, 2.45) is 5.92 Å². The molecule has 2 aliphatic rings. The molecule has 7 heteroatoms. The van der Waals surface area contributed by atoms with Crippen LogP contribution < -0.4 is 10.1 Å². The summed E-state index contributed by atoms with van der Waals surface area (Å²) in [4.78, 5) is 4.59. The number of piperidine rings is 2. The summed E-state index contributed by atoms with van der Waals surface area (Å²) >= 11 is 5.59. The second kappa shape index (κ2) is 11.7. The number of benzene rings is 2. The van der Waals surface area contributed by atoms with E-state index in [0.29, 0.717) is 22.5 Å². The molecule has 0 radical (unpaired) electrons. The number of nitriles is 1. The van der Waals surface area contributed by atoms with E-state index in [9.17, 15) is 5.11 Å². The molecule has 34 heavy (non-hydrogen) atoms. The largest absolute Gasteiger partial charge is 0.497 e. The molecule has 0 aromatic heterocycles. The zero-order valence-corrected chi connectivity index (χ0v) is 20.6. The van der Waals surface area contributed by atoms with Crippen LogP contribution in [-0.4, -0.2) is 66.0 Å². The van der Waals surface area contributed by atoms with E-state index in [4.69, 9.17) is 22.2 Å². The molecule has 2 heterocycles. The molecular formula is C27H34N4O2S. The van der Waals surface area contributed by atoms with Crippen LogP contribution in [-0.2, 0) is 0 Å².